The molecule has 0 aliphatic carbocycles. The molecule has 4 heterocycles. The van der Waals surface area contributed by atoms with Crippen molar-refractivity contribution in [1.29, 1.82) is 0 Å². The van der Waals surface area contributed by atoms with Gasteiger partial charge in [-0.2, -0.15) is 9.97 Å². The molecule has 0 atom stereocenters. The van der Waals surface area contributed by atoms with Gasteiger partial charge in [0.15, 0.2) is 11.6 Å². The molecule has 302 valence electrons. The summed E-state index contributed by atoms with van der Waals surface area (Å²) in [6.07, 6.45) is 6.21. The predicted octanol–water partition coefficient (Wildman–Crippen LogP) is 14.5. The molecule has 4 aromatic heterocycles. The summed E-state index contributed by atoms with van der Waals surface area (Å²) < 4.78 is 7.12. The van der Waals surface area contributed by atoms with E-state index in [4.69, 9.17) is 15.0 Å². The van der Waals surface area contributed by atoms with Gasteiger partial charge in [0.1, 0.15) is 0 Å². The summed E-state index contributed by atoms with van der Waals surface area (Å²) >= 11 is 0. The minimum Gasteiger partial charge on any atom is -0.309 e. The highest BCUT2D eigenvalue weighted by Crippen LogP contribution is 2.47. The van der Waals surface area contributed by atoms with E-state index in [0.717, 1.165) is 71.9 Å². The van der Waals surface area contributed by atoms with Gasteiger partial charge in [0.25, 0.3) is 0 Å². The molecule has 6 nitrogen and oxygen atoms in total. The number of fused-ring (bicyclic) bond motifs is 9. The van der Waals surface area contributed by atoms with Gasteiger partial charge in [-0.3, -0.25) is 4.57 Å². The van der Waals surface area contributed by atoms with Crippen molar-refractivity contribution in [3.8, 4) is 28.7 Å². The number of para-hydroxylation sites is 5. The van der Waals surface area contributed by atoms with Crippen molar-refractivity contribution in [3.63, 3.8) is 0 Å². The maximum Gasteiger partial charge on any atom is 0.238 e. The fourth-order valence-corrected chi connectivity index (χ4v) is 9.62. The average Bonchev–Trinajstić information content (AvgIpc) is 3.99. The topological polar surface area (TPSA) is 53.5 Å². The molecular weight excluding hydrogens is 781 g/mol. The number of allylic oxidation sites excluding steroid dienone is 5. The normalized spacial score (nSPS) is 12.2. The Hall–Kier alpha value is -8.61. The third-order valence-electron chi connectivity index (χ3n) is 12.3. The molecule has 8 aromatic carbocycles. The fourth-order valence-electron chi connectivity index (χ4n) is 9.62. The third-order valence-corrected chi connectivity index (χ3v) is 12.3. The second-order valence-electron chi connectivity index (χ2n) is 16.1. The van der Waals surface area contributed by atoms with Crippen molar-refractivity contribution in [3.05, 3.63) is 230 Å². The van der Waals surface area contributed by atoms with E-state index in [-0.39, 0.29) is 0 Å². The van der Waals surface area contributed by atoms with Crippen LogP contribution in [0.5, 0.6) is 0 Å². The average molecular weight is 821 g/mol. The molecule has 0 bridgehead atoms. The lowest BCUT2D eigenvalue weighted by Crippen LogP contribution is -2.08. The standard InChI is InChI=1S/C58H40N6/c1-3-21-41(39-22-7-4-8-23-39)36-38(2)56-59-57(40-24-9-5-10-25-40)61-58(60-56)64-50-35-20-16-31-46(50)54-52(64)37-51-53(45-30-15-19-34-49(45)62(51)42-26-11-6-12-27-42)55(54)63-47-32-17-13-28-43(47)44-29-14-18-33-48(44)63/h3-37H,2H2,1H3/b21-3-,41-36+. The van der Waals surface area contributed by atoms with Crippen LogP contribution in [-0.4, -0.2) is 28.7 Å². The van der Waals surface area contributed by atoms with Crippen molar-refractivity contribution >= 4 is 76.6 Å². The number of nitrogens with zero attached hydrogens (tertiary/aromatic N) is 6. The summed E-state index contributed by atoms with van der Waals surface area (Å²) in [5, 5.41) is 6.93. The molecule has 6 heteroatoms. The molecule has 0 aliphatic rings. The Morgan fingerprint density at radius 2 is 0.953 bits per heavy atom. The molecule has 0 saturated heterocycles. The Morgan fingerprint density at radius 3 is 1.55 bits per heavy atom. The Morgan fingerprint density at radius 1 is 0.469 bits per heavy atom. The summed E-state index contributed by atoms with van der Waals surface area (Å²) in [4.78, 5) is 15.8. The van der Waals surface area contributed by atoms with Crippen LogP contribution in [0.25, 0.3) is 105 Å². The zero-order valence-corrected chi connectivity index (χ0v) is 35.1. The first kappa shape index (κ1) is 37.2. The highest BCUT2D eigenvalue weighted by molar-refractivity contribution is 6.27. The molecule has 0 spiro atoms. The van der Waals surface area contributed by atoms with E-state index in [1.165, 1.54) is 21.5 Å². The van der Waals surface area contributed by atoms with Crippen LogP contribution >= 0.6 is 0 Å². The first-order chi connectivity index (χ1) is 31.7. The highest BCUT2D eigenvalue weighted by Gasteiger charge is 2.27. The summed E-state index contributed by atoms with van der Waals surface area (Å²) in [5.41, 5.74) is 12.3. The monoisotopic (exact) mass is 820 g/mol. The van der Waals surface area contributed by atoms with Crippen molar-refractivity contribution in [2.45, 2.75) is 6.92 Å². The van der Waals surface area contributed by atoms with Crippen LogP contribution in [0.4, 0.5) is 0 Å². The first-order valence-electron chi connectivity index (χ1n) is 21.6. The van der Waals surface area contributed by atoms with Gasteiger partial charge in [0, 0.05) is 49.1 Å². The van der Waals surface area contributed by atoms with Crippen LogP contribution < -0.4 is 0 Å². The molecule has 0 radical (unpaired) electrons. The number of hydrogen-bond donors (Lipinski definition) is 0. The molecule has 0 amide bonds. The largest absolute Gasteiger partial charge is 0.309 e. The minimum absolute atomic E-state index is 0.495. The van der Waals surface area contributed by atoms with Crippen LogP contribution in [0, 0.1) is 0 Å². The van der Waals surface area contributed by atoms with Gasteiger partial charge in [-0.05, 0) is 66.6 Å². The van der Waals surface area contributed by atoms with E-state index >= 15 is 0 Å². The molecule has 64 heavy (non-hydrogen) atoms. The Balaban J connectivity index is 1.25. The van der Waals surface area contributed by atoms with Gasteiger partial charge in [-0.15, -0.1) is 0 Å². The summed E-state index contributed by atoms with van der Waals surface area (Å²) in [6.45, 7) is 6.62. The minimum atomic E-state index is 0.495. The molecule has 0 aliphatic heterocycles. The van der Waals surface area contributed by atoms with E-state index in [1.807, 2.05) is 61.5 Å². The lowest BCUT2D eigenvalue weighted by Gasteiger charge is -2.15. The van der Waals surface area contributed by atoms with Crippen LogP contribution in [0.15, 0.2) is 219 Å². The van der Waals surface area contributed by atoms with Crippen LogP contribution in [0.1, 0.15) is 18.3 Å². The molecule has 0 unspecified atom stereocenters. The molecular formula is C58H40N6. The van der Waals surface area contributed by atoms with Gasteiger partial charge < -0.3 is 9.13 Å². The van der Waals surface area contributed by atoms with E-state index in [2.05, 4.69) is 178 Å². The van der Waals surface area contributed by atoms with Gasteiger partial charge in [-0.25, -0.2) is 4.98 Å². The maximum absolute atomic E-state index is 5.36. The second-order valence-corrected chi connectivity index (χ2v) is 16.1. The quantitative estimate of drug-likeness (QED) is 0.144. The van der Waals surface area contributed by atoms with Crippen molar-refractivity contribution in [2.24, 2.45) is 0 Å². The zero-order valence-electron chi connectivity index (χ0n) is 35.1. The van der Waals surface area contributed by atoms with Gasteiger partial charge >= 0.3 is 0 Å². The van der Waals surface area contributed by atoms with E-state index in [9.17, 15) is 0 Å². The number of hydrogen-bond acceptors (Lipinski definition) is 3. The second kappa shape index (κ2) is 15.1. The SMILES string of the molecule is C=C(/C=C(\C=C/C)c1ccccc1)c1nc(-c2ccccc2)nc(-n2c3ccccc3c3c(-n4c5ccccc5c5ccccc54)c4c5ccccc5n(-c5ccccc5)c4cc32)n1. The fraction of sp³-hybridized carbons (Fsp3) is 0.0172. The van der Waals surface area contributed by atoms with Crippen LogP contribution in [0.2, 0.25) is 0 Å². The van der Waals surface area contributed by atoms with Crippen LogP contribution in [0.3, 0.4) is 0 Å². The van der Waals surface area contributed by atoms with Crippen molar-refractivity contribution < 1.29 is 0 Å². The van der Waals surface area contributed by atoms with Crippen LogP contribution in [-0.2, 0) is 0 Å². The summed E-state index contributed by atoms with van der Waals surface area (Å²) in [6, 6.07) is 68.4. The molecule has 0 fully saturated rings. The molecule has 0 saturated carbocycles. The number of benzene rings is 8. The maximum atomic E-state index is 5.36. The lowest BCUT2D eigenvalue weighted by molar-refractivity contribution is 0.933. The van der Waals surface area contributed by atoms with E-state index < -0.39 is 0 Å². The zero-order chi connectivity index (χ0) is 42.7. The first-order valence-corrected chi connectivity index (χ1v) is 21.6. The predicted molar refractivity (Wildman–Crippen MR) is 267 cm³/mol. The summed E-state index contributed by atoms with van der Waals surface area (Å²) in [7, 11) is 0. The Kier molecular flexibility index (Phi) is 8.76. The van der Waals surface area contributed by atoms with Gasteiger partial charge in [-0.1, -0.05) is 170 Å². The van der Waals surface area contributed by atoms with E-state index in [0.29, 0.717) is 23.2 Å². The summed E-state index contributed by atoms with van der Waals surface area (Å²) in [5.74, 6) is 1.57. The van der Waals surface area contributed by atoms with Crippen molar-refractivity contribution in [1.82, 2.24) is 28.7 Å². The number of aromatic nitrogens is 6. The molecule has 0 N–H and O–H groups in total. The van der Waals surface area contributed by atoms with Gasteiger partial charge in [0.05, 0.1) is 38.8 Å². The highest BCUT2D eigenvalue weighted by atomic mass is 15.2. The number of rotatable bonds is 8. The third kappa shape index (κ3) is 5.84. The van der Waals surface area contributed by atoms with Crippen molar-refractivity contribution in [2.75, 3.05) is 0 Å². The molecule has 12 rings (SSSR count). The Bertz CT molecular complexity index is 3800. The smallest absolute Gasteiger partial charge is 0.238 e. The lowest BCUT2D eigenvalue weighted by atomic mass is 10.0. The molecule has 12 aromatic rings. The van der Waals surface area contributed by atoms with Gasteiger partial charge in [0.2, 0.25) is 5.95 Å². The Labute approximate surface area is 369 Å². The van der Waals surface area contributed by atoms with E-state index in [1.54, 1.807) is 0 Å².